The first-order valence-electron chi connectivity index (χ1n) is 6.23. The highest BCUT2D eigenvalue weighted by Gasteiger charge is 2.38. The Labute approximate surface area is 96.8 Å². The van der Waals surface area contributed by atoms with Gasteiger partial charge in [0.2, 0.25) is 6.08 Å². The molecular formula is C12H20N2O2. The van der Waals surface area contributed by atoms with Gasteiger partial charge in [0, 0.05) is 19.3 Å². The topological polar surface area (TPSA) is 44.6 Å². The third-order valence-corrected chi connectivity index (χ3v) is 3.40. The number of hydrogen-bond acceptors (Lipinski definition) is 3. The lowest BCUT2D eigenvalue weighted by Gasteiger charge is -2.29. The van der Waals surface area contributed by atoms with Crippen molar-refractivity contribution in [2.75, 3.05) is 19.7 Å². The summed E-state index contributed by atoms with van der Waals surface area (Å²) in [6, 6.07) is 0. The predicted molar refractivity (Wildman–Crippen MR) is 60.2 cm³/mol. The molecule has 1 saturated heterocycles. The molecule has 1 aliphatic heterocycles. The summed E-state index contributed by atoms with van der Waals surface area (Å²) in [5.41, 5.74) is 1.32. The summed E-state index contributed by atoms with van der Waals surface area (Å²) in [6.07, 6.45) is 7.58. The van der Waals surface area contributed by atoms with E-state index in [1.807, 2.05) is 6.92 Å². The van der Waals surface area contributed by atoms with Gasteiger partial charge in [0.1, 0.15) is 18.8 Å². The van der Waals surface area contributed by atoms with Crippen LogP contribution in [0.5, 0.6) is 0 Å². The lowest BCUT2D eigenvalue weighted by Crippen LogP contribution is -2.41. The summed E-state index contributed by atoms with van der Waals surface area (Å²) in [6.45, 7) is 4.15. The van der Waals surface area contributed by atoms with E-state index in [9.17, 15) is 5.11 Å². The van der Waals surface area contributed by atoms with Gasteiger partial charge in [-0.3, -0.25) is 0 Å². The largest absolute Gasteiger partial charge is 0.597 e. The molecule has 0 atom stereocenters. The lowest BCUT2D eigenvalue weighted by atomic mass is 10.3. The first kappa shape index (κ1) is 11.5. The Morgan fingerprint density at radius 2 is 2.19 bits per heavy atom. The van der Waals surface area contributed by atoms with Crippen molar-refractivity contribution in [3.63, 3.8) is 0 Å². The molecule has 0 unspecified atom stereocenters. The minimum atomic E-state index is -0.405. The molecule has 1 heterocycles. The minimum absolute atomic E-state index is 0.404. The van der Waals surface area contributed by atoms with Gasteiger partial charge >= 0.3 is 0 Å². The Morgan fingerprint density at radius 3 is 2.75 bits per heavy atom. The number of hydrogen-bond donors (Lipinski definition) is 0. The standard InChI is InChI=1S/C12H20N2O2/c1-2-16-12(15)13-14(9-5-6-10-14)11-7-3-4-8-11/h7H,2-6,8-10H2,1H3. The second-order valence-electron chi connectivity index (χ2n) is 4.46. The molecule has 0 aromatic heterocycles. The number of allylic oxidation sites excluding steroid dienone is 2. The summed E-state index contributed by atoms with van der Waals surface area (Å²) in [4.78, 5) is 0. The smallest absolute Gasteiger partial charge is 0.210 e. The number of rotatable bonds is 3. The van der Waals surface area contributed by atoms with Gasteiger partial charge in [-0.2, -0.15) is 4.59 Å². The van der Waals surface area contributed by atoms with Gasteiger partial charge in [-0.15, -0.1) is 0 Å². The van der Waals surface area contributed by atoms with Crippen LogP contribution in [0.2, 0.25) is 0 Å². The maximum absolute atomic E-state index is 11.5. The molecule has 2 aliphatic rings. The lowest BCUT2D eigenvalue weighted by molar-refractivity contribution is -0.889. The Bertz CT molecular complexity index is 304. The number of ether oxygens (including phenoxy) is 1. The van der Waals surface area contributed by atoms with Crippen LogP contribution in [0.1, 0.15) is 39.0 Å². The van der Waals surface area contributed by atoms with Gasteiger partial charge in [0.25, 0.3) is 0 Å². The summed E-state index contributed by atoms with van der Waals surface area (Å²) >= 11 is 0. The molecule has 0 aromatic rings. The zero-order chi connectivity index (χ0) is 11.4. The molecule has 2 rings (SSSR count). The Kier molecular flexibility index (Phi) is 3.49. The minimum Gasteiger partial charge on any atom is -0.597 e. The SMILES string of the molecule is CCO/C([O-])=N/[N+]1(C2=CCCC2)CCCC1. The maximum Gasteiger partial charge on any atom is 0.210 e. The second kappa shape index (κ2) is 4.87. The molecule has 90 valence electrons. The van der Waals surface area contributed by atoms with E-state index in [0.29, 0.717) is 11.2 Å². The van der Waals surface area contributed by atoms with Crippen LogP contribution in [-0.2, 0) is 4.74 Å². The Hall–Kier alpha value is -1.03. The van der Waals surface area contributed by atoms with Crippen LogP contribution in [0.15, 0.2) is 16.9 Å². The normalized spacial score (nSPS) is 24.6. The van der Waals surface area contributed by atoms with Crippen molar-refractivity contribution in [3.8, 4) is 0 Å². The number of quaternary nitrogens is 1. The van der Waals surface area contributed by atoms with Gasteiger partial charge in [-0.1, -0.05) is 12.0 Å². The van der Waals surface area contributed by atoms with Gasteiger partial charge in [0.05, 0.1) is 0 Å². The monoisotopic (exact) mass is 224 g/mol. The third-order valence-electron chi connectivity index (χ3n) is 3.40. The van der Waals surface area contributed by atoms with Crippen LogP contribution in [0, 0.1) is 0 Å². The van der Waals surface area contributed by atoms with Crippen LogP contribution in [0.4, 0.5) is 0 Å². The average molecular weight is 224 g/mol. The maximum atomic E-state index is 11.5. The van der Waals surface area contributed by atoms with E-state index in [1.165, 1.54) is 12.1 Å². The quantitative estimate of drug-likeness (QED) is 0.412. The summed E-state index contributed by atoms with van der Waals surface area (Å²) in [7, 11) is 0. The van der Waals surface area contributed by atoms with E-state index in [1.54, 1.807) is 0 Å². The first-order valence-corrected chi connectivity index (χ1v) is 6.23. The Balaban J connectivity index is 2.18. The van der Waals surface area contributed by atoms with Crippen molar-refractivity contribution >= 4 is 6.08 Å². The fourth-order valence-corrected chi connectivity index (χ4v) is 2.65. The third kappa shape index (κ3) is 2.21. The molecule has 1 fully saturated rings. The second-order valence-corrected chi connectivity index (χ2v) is 4.46. The Morgan fingerprint density at radius 1 is 1.44 bits per heavy atom. The zero-order valence-electron chi connectivity index (χ0n) is 9.95. The van der Waals surface area contributed by atoms with Crippen molar-refractivity contribution in [1.29, 1.82) is 0 Å². The zero-order valence-corrected chi connectivity index (χ0v) is 9.95. The van der Waals surface area contributed by atoms with Crippen molar-refractivity contribution in [2.45, 2.75) is 39.0 Å². The van der Waals surface area contributed by atoms with Gasteiger partial charge in [-0.05, 0) is 25.5 Å². The van der Waals surface area contributed by atoms with Crippen molar-refractivity contribution < 1.29 is 14.4 Å². The van der Waals surface area contributed by atoms with E-state index in [-0.39, 0.29) is 0 Å². The molecule has 0 aromatic carbocycles. The highest BCUT2D eigenvalue weighted by Crippen LogP contribution is 2.34. The van der Waals surface area contributed by atoms with Crippen LogP contribution in [0.3, 0.4) is 0 Å². The molecular weight excluding hydrogens is 204 g/mol. The van der Waals surface area contributed by atoms with Crippen molar-refractivity contribution in [3.05, 3.63) is 11.8 Å². The van der Waals surface area contributed by atoms with E-state index in [0.717, 1.165) is 38.8 Å². The van der Waals surface area contributed by atoms with E-state index < -0.39 is 6.08 Å². The molecule has 1 aliphatic carbocycles. The molecule has 16 heavy (non-hydrogen) atoms. The van der Waals surface area contributed by atoms with Crippen LogP contribution >= 0.6 is 0 Å². The van der Waals surface area contributed by atoms with E-state index in [4.69, 9.17) is 4.74 Å². The van der Waals surface area contributed by atoms with Crippen LogP contribution < -0.4 is 5.11 Å². The molecule has 0 radical (unpaired) electrons. The average Bonchev–Trinajstić information content (AvgIpc) is 2.86. The van der Waals surface area contributed by atoms with Crippen LogP contribution in [0.25, 0.3) is 0 Å². The van der Waals surface area contributed by atoms with E-state index in [2.05, 4.69) is 11.2 Å². The predicted octanol–water partition coefficient (Wildman–Crippen LogP) is 1.33. The van der Waals surface area contributed by atoms with Gasteiger partial charge < -0.3 is 9.84 Å². The molecule has 4 heteroatoms. The molecule has 0 saturated carbocycles. The molecule has 0 amide bonds. The van der Waals surface area contributed by atoms with Gasteiger partial charge in [0.15, 0.2) is 0 Å². The first-order chi connectivity index (χ1) is 7.77. The molecule has 0 spiro atoms. The van der Waals surface area contributed by atoms with Crippen LogP contribution in [-0.4, -0.2) is 30.4 Å². The fraction of sp³-hybridized carbons (Fsp3) is 0.750. The molecule has 4 nitrogen and oxygen atoms in total. The highest BCUT2D eigenvalue weighted by molar-refractivity contribution is 5.60. The summed E-state index contributed by atoms with van der Waals surface area (Å²) < 4.78 is 5.47. The summed E-state index contributed by atoms with van der Waals surface area (Å²) in [5.74, 6) is 0. The number of likely N-dealkylation sites (tertiary alicyclic amines) is 1. The fourth-order valence-electron chi connectivity index (χ4n) is 2.65. The number of nitrogens with zero attached hydrogens (tertiary/aromatic N) is 2. The van der Waals surface area contributed by atoms with Gasteiger partial charge in [-0.25, -0.2) is 0 Å². The molecule has 0 bridgehead atoms. The van der Waals surface area contributed by atoms with E-state index >= 15 is 0 Å². The molecule has 0 N–H and O–H groups in total. The summed E-state index contributed by atoms with van der Waals surface area (Å²) in [5, 5.41) is 15.8. The van der Waals surface area contributed by atoms with Crippen molar-refractivity contribution in [1.82, 2.24) is 0 Å². The highest BCUT2D eigenvalue weighted by atomic mass is 16.6. The van der Waals surface area contributed by atoms with Crippen molar-refractivity contribution in [2.24, 2.45) is 5.10 Å².